The van der Waals surface area contributed by atoms with E-state index in [1.54, 1.807) is 0 Å². The van der Waals surface area contributed by atoms with Crippen molar-refractivity contribution in [3.05, 3.63) is 53.7 Å². The van der Waals surface area contributed by atoms with Crippen LogP contribution in [-0.2, 0) is 0 Å². The molecule has 0 aliphatic heterocycles. The number of fused-ring (bicyclic) bond motifs is 1. The molecule has 1 aromatic heterocycles. The number of aryl methyl sites for hydroxylation is 2. The largest absolute Gasteiger partial charge is 0.374 e. The molecule has 2 aromatic carbocycles. The zero-order chi connectivity index (χ0) is 15.5. The first kappa shape index (κ1) is 14.1. The molecule has 0 amide bonds. The second kappa shape index (κ2) is 5.87. The molecule has 3 rings (SSSR count). The van der Waals surface area contributed by atoms with Gasteiger partial charge in [-0.25, -0.2) is 9.97 Å². The van der Waals surface area contributed by atoms with Gasteiger partial charge in [0.15, 0.2) is 0 Å². The number of benzene rings is 2. The quantitative estimate of drug-likeness (QED) is 0.741. The Kier molecular flexibility index (Phi) is 3.76. The molecule has 3 heteroatoms. The first-order chi connectivity index (χ1) is 10.7. The minimum Gasteiger partial charge on any atom is -0.374 e. The Balaban J connectivity index is 2.09. The van der Waals surface area contributed by atoms with Gasteiger partial charge in [-0.15, -0.1) is 6.42 Å². The van der Waals surface area contributed by atoms with Gasteiger partial charge in [0.25, 0.3) is 0 Å². The van der Waals surface area contributed by atoms with Crippen LogP contribution in [0, 0.1) is 26.2 Å². The average Bonchev–Trinajstić information content (AvgIpc) is 2.53. The smallest absolute Gasteiger partial charge is 0.0922 e. The normalized spacial score (nSPS) is 10.4. The molecule has 22 heavy (non-hydrogen) atoms. The molecule has 3 nitrogen and oxygen atoms in total. The van der Waals surface area contributed by atoms with Crippen LogP contribution in [0.4, 0.5) is 5.69 Å². The molecule has 0 bridgehead atoms. The second-order valence-electron chi connectivity index (χ2n) is 5.28. The fourth-order valence-corrected chi connectivity index (χ4v) is 2.39. The summed E-state index contributed by atoms with van der Waals surface area (Å²) in [4.78, 5) is 9.45. The second-order valence-corrected chi connectivity index (χ2v) is 5.28. The lowest BCUT2D eigenvalue weighted by atomic mass is 10.1. The van der Waals surface area contributed by atoms with Crippen LogP contribution >= 0.6 is 0 Å². The lowest BCUT2D eigenvalue weighted by molar-refractivity contribution is 1.19. The molecule has 1 heterocycles. The topological polar surface area (TPSA) is 37.8 Å². The third kappa shape index (κ3) is 2.77. The Morgan fingerprint density at radius 2 is 1.77 bits per heavy atom. The minimum atomic E-state index is 0.496. The number of hydrogen-bond acceptors (Lipinski definition) is 3. The number of rotatable bonds is 3. The maximum Gasteiger partial charge on any atom is 0.0922 e. The Bertz CT molecular complexity index is 858. The molecule has 0 aliphatic carbocycles. The van der Waals surface area contributed by atoms with E-state index in [0.29, 0.717) is 6.54 Å². The summed E-state index contributed by atoms with van der Waals surface area (Å²) in [5.74, 6) is 2.57. The Morgan fingerprint density at radius 3 is 2.50 bits per heavy atom. The minimum absolute atomic E-state index is 0.496. The summed E-state index contributed by atoms with van der Waals surface area (Å²) in [6.45, 7) is 4.56. The maximum atomic E-state index is 5.28. The summed E-state index contributed by atoms with van der Waals surface area (Å²) in [5, 5.41) is 3.16. The van der Waals surface area contributed by atoms with Gasteiger partial charge in [0, 0.05) is 11.3 Å². The van der Waals surface area contributed by atoms with E-state index in [-0.39, 0.29) is 0 Å². The zero-order valence-electron chi connectivity index (χ0n) is 12.7. The van der Waals surface area contributed by atoms with Crippen molar-refractivity contribution in [2.24, 2.45) is 0 Å². The highest BCUT2D eigenvalue weighted by molar-refractivity contribution is 5.81. The van der Waals surface area contributed by atoms with Gasteiger partial charge in [-0.1, -0.05) is 35.7 Å². The standard InChI is InChI=1S/C19H17N3/c1-4-11-20-16-9-10-17-18(12-16)22-19(14(3)21-17)15-7-5-13(2)6-8-15/h1,5-10,12,20H,11H2,2-3H3. The van der Waals surface area contributed by atoms with Gasteiger partial charge in [-0.3, -0.25) is 0 Å². The summed E-state index contributed by atoms with van der Waals surface area (Å²) in [7, 11) is 0. The molecule has 0 unspecified atom stereocenters. The van der Waals surface area contributed by atoms with Crippen molar-refractivity contribution in [2.75, 3.05) is 11.9 Å². The number of nitrogens with zero attached hydrogens (tertiary/aromatic N) is 2. The van der Waals surface area contributed by atoms with E-state index in [0.717, 1.165) is 33.7 Å². The Morgan fingerprint density at radius 1 is 1.00 bits per heavy atom. The predicted octanol–water partition coefficient (Wildman–Crippen LogP) is 3.96. The molecule has 0 spiro atoms. The van der Waals surface area contributed by atoms with Crippen LogP contribution < -0.4 is 5.32 Å². The number of anilines is 1. The van der Waals surface area contributed by atoms with Gasteiger partial charge < -0.3 is 5.32 Å². The lowest BCUT2D eigenvalue weighted by Gasteiger charge is -2.09. The van der Waals surface area contributed by atoms with E-state index < -0.39 is 0 Å². The molecule has 0 fully saturated rings. The molecule has 3 aromatic rings. The van der Waals surface area contributed by atoms with E-state index in [1.165, 1.54) is 5.56 Å². The zero-order valence-corrected chi connectivity index (χ0v) is 12.7. The Hall–Kier alpha value is -2.86. The highest BCUT2D eigenvalue weighted by Crippen LogP contribution is 2.24. The van der Waals surface area contributed by atoms with Crippen LogP contribution in [0.25, 0.3) is 22.3 Å². The summed E-state index contributed by atoms with van der Waals surface area (Å²) in [6.07, 6.45) is 5.28. The Labute approximate surface area is 130 Å². The summed E-state index contributed by atoms with van der Waals surface area (Å²) < 4.78 is 0. The van der Waals surface area contributed by atoms with Crippen LogP contribution in [0.3, 0.4) is 0 Å². The summed E-state index contributed by atoms with van der Waals surface area (Å²) >= 11 is 0. The van der Waals surface area contributed by atoms with E-state index in [4.69, 9.17) is 11.4 Å². The summed E-state index contributed by atoms with van der Waals surface area (Å²) in [6, 6.07) is 14.3. The monoisotopic (exact) mass is 287 g/mol. The highest BCUT2D eigenvalue weighted by Gasteiger charge is 2.08. The van der Waals surface area contributed by atoms with E-state index in [9.17, 15) is 0 Å². The van der Waals surface area contributed by atoms with Crippen LogP contribution in [0.5, 0.6) is 0 Å². The van der Waals surface area contributed by atoms with Gasteiger partial charge >= 0.3 is 0 Å². The number of nitrogens with one attached hydrogen (secondary N) is 1. The van der Waals surface area contributed by atoms with Gasteiger partial charge in [0.05, 0.1) is 29.0 Å². The van der Waals surface area contributed by atoms with Gasteiger partial charge in [-0.05, 0) is 32.0 Å². The molecular formula is C19H17N3. The molecule has 0 radical (unpaired) electrons. The third-order valence-corrected chi connectivity index (χ3v) is 3.56. The number of hydrogen-bond donors (Lipinski definition) is 1. The van der Waals surface area contributed by atoms with Crippen LogP contribution in [0.15, 0.2) is 42.5 Å². The fraction of sp³-hybridized carbons (Fsp3) is 0.158. The molecule has 1 N–H and O–H groups in total. The fourth-order valence-electron chi connectivity index (χ4n) is 2.39. The predicted molar refractivity (Wildman–Crippen MR) is 91.8 cm³/mol. The molecule has 0 saturated carbocycles. The van der Waals surface area contributed by atoms with Crippen LogP contribution in [0.1, 0.15) is 11.3 Å². The summed E-state index contributed by atoms with van der Waals surface area (Å²) in [5.41, 5.74) is 6.87. The maximum absolute atomic E-state index is 5.28. The lowest BCUT2D eigenvalue weighted by Crippen LogP contribution is -1.99. The van der Waals surface area contributed by atoms with Crippen molar-refractivity contribution in [2.45, 2.75) is 13.8 Å². The van der Waals surface area contributed by atoms with Gasteiger partial charge in [0.1, 0.15) is 0 Å². The van der Waals surface area contributed by atoms with E-state index in [1.807, 2.05) is 25.1 Å². The van der Waals surface area contributed by atoms with Gasteiger partial charge in [0.2, 0.25) is 0 Å². The van der Waals surface area contributed by atoms with Crippen molar-refractivity contribution >= 4 is 16.7 Å². The van der Waals surface area contributed by atoms with Crippen LogP contribution in [-0.4, -0.2) is 16.5 Å². The van der Waals surface area contributed by atoms with Crippen molar-refractivity contribution in [1.29, 1.82) is 0 Å². The molecule has 0 saturated heterocycles. The third-order valence-electron chi connectivity index (χ3n) is 3.56. The molecule has 0 aliphatic rings. The highest BCUT2D eigenvalue weighted by atomic mass is 14.9. The molecular weight excluding hydrogens is 270 g/mol. The van der Waals surface area contributed by atoms with Crippen molar-refractivity contribution < 1.29 is 0 Å². The van der Waals surface area contributed by atoms with E-state index in [2.05, 4.69) is 47.4 Å². The van der Waals surface area contributed by atoms with Crippen LogP contribution in [0.2, 0.25) is 0 Å². The first-order valence-corrected chi connectivity index (χ1v) is 7.20. The van der Waals surface area contributed by atoms with Crippen molar-refractivity contribution in [3.8, 4) is 23.6 Å². The first-order valence-electron chi connectivity index (χ1n) is 7.20. The number of terminal acetylenes is 1. The SMILES string of the molecule is C#CCNc1ccc2nc(C)c(-c3ccc(C)cc3)nc2c1. The number of aromatic nitrogens is 2. The van der Waals surface area contributed by atoms with Gasteiger partial charge in [-0.2, -0.15) is 0 Å². The van der Waals surface area contributed by atoms with Crippen molar-refractivity contribution in [1.82, 2.24) is 9.97 Å². The average molecular weight is 287 g/mol. The van der Waals surface area contributed by atoms with Crippen molar-refractivity contribution in [3.63, 3.8) is 0 Å². The molecule has 108 valence electrons. The molecule has 0 atom stereocenters. The van der Waals surface area contributed by atoms with E-state index >= 15 is 0 Å².